The monoisotopic (exact) mass is 546 g/mol. The van der Waals surface area contributed by atoms with E-state index in [1.807, 2.05) is 29.2 Å². The molecule has 3 aliphatic rings. The zero-order valence-electron chi connectivity index (χ0n) is 23.7. The molecular weight excluding hydrogens is 504 g/mol. The topological polar surface area (TPSA) is 91.0 Å². The fourth-order valence-corrected chi connectivity index (χ4v) is 6.44. The molecule has 0 aliphatic carbocycles. The molecule has 4 atom stereocenters. The van der Waals surface area contributed by atoms with E-state index in [1.165, 1.54) is 11.1 Å². The zero-order chi connectivity index (χ0) is 28.1. The fraction of sp³-hybridized carbons (Fsp3) is 0.531. The van der Waals surface area contributed by atoms with Crippen LogP contribution >= 0.6 is 0 Å². The van der Waals surface area contributed by atoms with Gasteiger partial charge in [0.25, 0.3) is 0 Å². The summed E-state index contributed by atoms with van der Waals surface area (Å²) in [4.78, 5) is 44.8. The zero-order valence-corrected chi connectivity index (χ0v) is 23.7. The Bertz CT molecular complexity index is 1180. The molecule has 0 spiro atoms. The Morgan fingerprint density at radius 1 is 0.950 bits per heavy atom. The highest BCUT2D eigenvalue weighted by Gasteiger charge is 2.46. The van der Waals surface area contributed by atoms with Crippen LogP contribution in [0.15, 0.2) is 48.5 Å². The first-order chi connectivity index (χ1) is 19.4. The predicted molar refractivity (Wildman–Crippen MR) is 154 cm³/mol. The molecule has 8 nitrogen and oxygen atoms in total. The van der Waals surface area contributed by atoms with Crippen LogP contribution in [0.5, 0.6) is 5.75 Å². The Hall–Kier alpha value is -3.39. The van der Waals surface area contributed by atoms with Crippen molar-refractivity contribution in [3.63, 3.8) is 0 Å². The molecular formula is C32H42N4O4. The van der Waals surface area contributed by atoms with E-state index in [0.717, 1.165) is 50.1 Å². The Morgan fingerprint density at radius 2 is 1.65 bits per heavy atom. The van der Waals surface area contributed by atoms with Crippen molar-refractivity contribution in [2.45, 2.75) is 64.1 Å². The number of rotatable bonds is 8. The fourth-order valence-electron chi connectivity index (χ4n) is 6.44. The number of amides is 3. The Balaban J connectivity index is 1.32. The number of carbonyl (C=O) groups is 3. The summed E-state index contributed by atoms with van der Waals surface area (Å²) in [5.74, 6) is 0.374. The van der Waals surface area contributed by atoms with Gasteiger partial charge in [-0.2, -0.15) is 0 Å². The Kier molecular flexibility index (Phi) is 9.04. The molecule has 40 heavy (non-hydrogen) atoms. The highest BCUT2D eigenvalue weighted by Crippen LogP contribution is 2.31. The molecule has 0 radical (unpaired) electrons. The number of methoxy groups -OCH3 is 1. The van der Waals surface area contributed by atoms with Crippen molar-refractivity contribution >= 4 is 17.7 Å². The van der Waals surface area contributed by atoms with E-state index in [9.17, 15) is 14.4 Å². The normalized spacial score (nSPS) is 24.6. The Labute approximate surface area is 237 Å². The van der Waals surface area contributed by atoms with E-state index in [2.05, 4.69) is 41.8 Å². The summed E-state index contributed by atoms with van der Waals surface area (Å²) in [5, 5.41) is 6.43. The lowest BCUT2D eigenvalue weighted by molar-refractivity contribution is -0.146. The lowest BCUT2D eigenvalue weighted by Crippen LogP contribution is -2.59. The Morgan fingerprint density at radius 3 is 2.35 bits per heavy atom. The van der Waals surface area contributed by atoms with Crippen molar-refractivity contribution in [2.24, 2.45) is 11.8 Å². The lowest BCUT2D eigenvalue weighted by Gasteiger charge is -2.36. The van der Waals surface area contributed by atoms with Crippen LogP contribution in [0.1, 0.15) is 48.8 Å². The largest absolute Gasteiger partial charge is 0.497 e. The van der Waals surface area contributed by atoms with Crippen molar-refractivity contribution in [1.29, 1.82) is 0 Å². The second-order valence-corrected chi connectivity index (χ2v) is 11.6. The summed E-state index contributed by atoms with van der Waals surface area (Å²) >= 11 is 0. The maximum absolute atomic E-state index is 14.1. The van der Waals surface area contributed by atoms with E-state index in [0.29, 0.717) is 32.5 Å². The third-order valence-electron chi connectivity index (χ3n) is 8.70. The summed E-state index contributed by atoms with van der Waals surface area (Å²) in [6.45, 7) is 5.21. The minimum Gasteiger partial charge on any atom is -0.497 e. The third-order valence-corrected chi connectivity index (χ3v) is 8.70. The van der Waals surface area contributed by atoms with Crippen molar-refractivity contribution in [3.8, 4) is 5.75 Å². The summed E-state index contributed by atoms with van der Waals surface area (Å²) in [6, 6.07) is 14.9. The number of hydrogen-bond acceptors (Lipinski definition) is 5. The van der Waals surface area contributed by atoms with Crippen molar-refractivity contribution in [1.82, 2.24) is 20.4 Å². The molecule has 214 valence electrons. The van der Waals surface area contributed by atoms with Crippen molar-refractivity contribution in [2.75, 3.05) is 33.3 Å². The summed E-state index contributed by atoms with van der Waals surface area (Å²) in [5.41, 5.74) is 3.38. The molecule has 0 aromatic heterocycles. The van der Waals surface area contributed by atoms with Gasteiger partial charge in [0.2, 0.25) is 17.7 Å². The van der Waals surface area contributed by atoms with E-state index in [1.54, 1.807) is 12.0 Å². The van der Waals surface area contributed by atoms with Gasteiger partial charge in [0.1, 0.15) is 11.8 Å². The van der Waals surface area contributed by atoms with Gasteiger partial charge in [-0.3, -0.25) is 14.4 Å². The molecule has 0 bridgehead atoms. The number of nitrogens with zero attached hydrogens (tertiary/aromatic N) is 2. The van der Waals surface area contributed by atoms with Crippen molar-refractivity contribution in [3.05, 3.63) is 65.2 Å². The van der Waals surface area contributed by atoms with E-state index < -0.39 is 12.1 Å². The average Bonchev–Trinajstić information content (AvgIpc) is 3.68. The van der Waals surface area contributed by atoms with Crippen LogP contribution in [-0.2, 0) is 27.3 Å². The summed E-state index contributed by atoms with van der Waals surface area (Å²) < 4.78 is 5.23. The molecule has 5 rings (SSSR count). The molecule has 2 aromatic carbocycles. The average molecular weight is 547 g/mol. The van der Waals surface area contributed by atoms with Gasteiger partial charge in [-0.05, 0) is 81.2 Å². The number of benzene rings is 2. The molecule has 2 aromatic rings. The molecule has 0 saturated carbocycles. The maximum atomic E-state index is 14.1. The van der Waals surface area contributed by atoms with E-state index >= 15 is 0 Å². The van der Waals surface area contributed by atoms with Crippen LogP contribution in [0.25, 0.3) is 0 Å². The van der Waals surface area contributed by atoms with Crippen molar-refractivity contribution < 1.29 is 19.1 Å². The van der Waals surface area contributed by atoms with E-state index in [-0.39, 0.29) is 29.6 Å². The van der Waals surface area contributed by atoms with Crippen LogP contribution in [0.3, 0.4) is 0 Å². The van der Waals surface area contributed by atoms with Gasteiger partial charge in [-0.15, -0.1) is 0 Å². The van der Waals surface area contributed by atoms with Crippen LogP contribution in [0.2, 0.25) is 0 Å². The van der Waals surface area contributed by atoms with Crippen LogP contribution in [0.4, 0.5) is 0 Å². The molecule has 0 unspecified atom stereocenters. The van der Waals surface area contributed by atoms with Gasteiger partial charge < -0.3 is 25.2 Å². The van der Waals surface area contributed by atoms with Gasteiger partial charge in [0.05, 0.1) is 19.1 Å². The summed E-state index contributed by atoms with van der Waals surface area (Å²) in [6.07, 6.45) is 5.02. The van der Waals surface area contributed by atoms with Crippen LogP contribution in [-0.4, -0.2) is 72.9 Å². The van der Waals surface area contributed by atoms with Gasteiger partial charge in [-0.1, -0.05) is 42.0 Å². The molecule has 3 heterocycles. The first-order valence-electron chi connectivity index (χ1n) is 14.7. The van der Waals surface area contributed by atoms with Gasteiger partial charge >= 0.3 is 0 Å². The molecule has 8 heteroatoms. The predicted octanol–water partition coefficient (Wildman–Crippen LogP) is 3.07. The number of likely N-dealkylation sites (tertiary alicyclic amines) is 2. The number of ether oxygens (including phenoxy) is 1. The van der Waals surface area contributed by atoms with Gasteiger partial charge in [0, 0.05) is 26.2 Å². The number of hydrogen-bond donors (Lipinski definition) is 2. The standard InChI is InChI=1S/C32H42N4O4/c1-22-7-9-23(10-8-22)18-25-19-28(30(37)34-20-24-11-13-26(40-2)14-12-24)36(21-25)32(39)29-27(6-5-15-33-29)31(38)35-16-3-4-17-35/h7-14,25,27-29,33H,3-6,15-21H2,1-2H3,(H,34,37)/t25-,27+,28+,29-/m1/s1. The number of piperidine rings is 1. The number of aryl methyl sites for hydroxylation is 1. The van der Waals surface area contributed by atoms with Crippen LogP contribution < -0.4 is 15.4 Å². The minimum atomic E-state index is -0.586. The smallest absolute Gasteiger partial charge is 0.243 e. The quantitative estimate of drug-likeness (QED) is 0.531. The molecule has 3 aliphatic heterocycles. The third kappa shape index (κ3) is 6.49. The molecule has 3 saturated heterocycles. The van der Waals surface area contributed by atoms with E-state index in [4.69, 9.17) is 4.74 Å². The lowest BCUT2D eigenvalue weighted by atomic mass is 9.88. The minimum absolute atomic E-state index is 0.0824. The van der Waals surface area contributed by atoms with Crippen LogP contribution in [0, 0.1) is 18.8 Å². The first kappa shape index (κ1) is 28.1. The van der Waals surface area contributed by atoms with Gasteiger partial charge in [-0.25, -0.2) is 0 Å². The number of nitrogens with one attached hydrogen (secondary N) is 2. The molecule has 3 amide bonds. The molecule has 2 N–H and O–H groups in total. The first-order valence-corrected chi connectivity index (χ1v) is 14.7. The second-order valence-electron chi connectivity index (χ2n) is 11.6. The number of carbonyl (C=O) groups excluding carboxylic acids is 3. The summed E-state index contributed by atoms with van der Waals surface area (Å²) in [7, 11) is 1.62. The molecule has 3 fully saturated rings. The van der Waals surface area contributed by atoms with Gasteiger partial charge in [0.15, 0.2) is 0 Å². The highest BCUT2D eigenvalue weighted by molar-refractivity contribution is 5.94. The highest BCUT2D eigenvalue weighted by atomic mass is 16.5. The second kappa shape index (κ2) is 12.9. The maximum Gasteiger partial charge on any atom is 0.243 e. The SMILES string of the molecule is COc1ccc(CNC(=O)[C@@H]2C[C@@H](Cc3ccc(C)cc3)CN2C(=O)[C@@H]2NCCC[C@@H]2C(=O)N2CCCC2)cc1.